The van der Waals surface area contributed by atoms with Crippen LogP contribution in [0.1, 0.15) is 25.8 Å². The molecule has 0 saturated heterocycles. The summed E-state index contributed by atoms with van der Waals surface area (Å²) in [5.74, 6) is 1.88. The fraction of sp³-hybridized carbons (Fsp3) is 0.381. The summed E-state index contributed by atoms with van der Waals surface area (Å²) in [6.45, 7) is 6.39. The summed E-state index contributed by atoms with van der Waals surface area (Å²) in [6, 6.07) is 7.45. The first-order chi connectivity index (χ1) is 14.6. The topological polar surface area (TPSA) is 85.7 Å². The van der Waals surface area contributed by atoms with Gasteiger partial charge in [0, 0.05) is 32.6 Å². The second-order valence-electron chi connectivity index (χ2n) is 6.89. The van der Waals surface area contributed by atoms with Crippen LogP contribution < -0.4 is 25.2 Å². The third kappa shape index (κ3) is 3.97. The lowest BCUT2D eigenvalue weighted by molar-refractivity contribution is -0.121. The molecule has 9 heteroatoms. The Hall–Kier alpha value is -3.07. The molecule has 0 saturated carbocycles. The molecular formula is C21H24N4O4S. The Labute approximate surface area is 178 Å². The number of ether oxygens (including phenoxy) is 2. The summed E-state index contributed by atoms with van der Waals surface area (Å²) in [5, 5.41) is 4.78. The van der Waals surface area contributed by atoms with E-state index in [-0.39, 0.29) is 31.2 Å². The van der Waals surface area contributed by atoms with E-state index >= 15 is 0 Å². The molecule has 0 bridgehead atoms. The third-order valence-corrected chi connectivity index (χ3v) is 5.97. The molecule has 0 spiro atoms. The van der Waals surface area contributed by atoms with Gasteiger partial charge in [0.2, 0.25) is 18.6 Å². The molecule has 158 valence electrons. The van der Waals surface area contributed by atoms with Gasteiger partial charge in [0.15, 0.2) is 11.5 Å². The number of fused-ring (bicyclic) bond motifs is 2. The zero-order chi connectivity index (χ0) is 21.1. The predicted molar refractivity (Wildman–Crippen MR) is 116 cm³/mol. The van der Waals surface area contributed by atoms with E-state index in [0.29, 0.717) is 34.2 Å². The van der Waals surface area contributed by atoms with Gasteiger partial charge in [0.05, 0.1) is 5.52 Å². The van der Waals surface area contributed by atoms with Crippen molar-refractivity contribution in [1.29, 1.82) is 0 Å². The number of carbonyl (C=O) groups excluding carboxylic acids is 1. The third-order valence-electron chi connectivity index (χ3n) is 5.08. The van der Waals surface area contributed by atoms with E-state index in [2.05, 4.69) is 10.3 Å². The number of nitrogens with zero attached hydrogens (tertiary/aromatic N) is 3. The van der Waals surface area contributed by atoms with E-state index in [1.807, 2.05) is 48.4 Å². The molecule has 0 radical (unpaired) electrons. The minimum absolute atomic E-state index is 0.0968. The lowest BCUT2D eigenvalue weighted by Gasteiger charge is -2.23. The van der Waals surface area contributed by atoms with Crippen LogP contribution in [0.2, 0.25) is 0 Å². The van der Waals surface area contributed by atoms with Crippen LogP contribution in [-0.4, -0.2) is 35.3 Å². The van der Waals surface area contributed by atoms with Gasteiger partial charge < -0.3 is 19.7 Å². The van der Waals surface area contributed by atoms with Crippen molar-refractivity contribution in [1.82, 2.24) is 14.9 Å². The van der Waals surface area contributed by atoms with Crippen molar-refractivity contribution in [3.63, 3.8) is 0 Å². The normalized spacial score (nSPS) is 12.3. The average molecular weight is 429 g/mol. The number of hydrogen-bond acceptors (Lipinski definition) is 7. The summed E-state index contributed by atoms with van der Waals surface area (Å²) < 4.78 is 12.9. The van der Waals surface area contributed by atoms with Crippen molar-refractivity contribution in [3.05, 3.63) is 45.6 Å². The Balaban J connectivity index is 1.46. The van der Waals surface area contributed by atoms with Crippen molar-refractivity contribution >= 4 is 33.4 Å². The zero-order valence-corrected chi connectivity index (χ0v) is 17.8. The largest absolute Gasteiger partial charge is 0.454 e. The van der Waals surface area contributed by atoms with E-state index < -0.39 is 0 Å². The maximum Gasteiger partial charge on any atom is 0.272 e. The van der Waals surface area contributed by atoms with E-state index in [1.54, 1.807) is 4.57 Å². The quantitative estimate of drug-likeness (QED) is 0.594. The number of benzene rings is 1. The number of rotatable bonds is 8. The Morgan fingerprint density at radius 3 is 2.83 bits per heavy atom. The van der Waals surface area contributed by atoms with E-state index in [0.717, 1.165) is 18.7 Å². The molecule has 3 aromatic rings. The number of nitrogens with one attached hydrogen (secondary N) is 1. The Morgan fingerprint density at radius 1 is 1.23 bits per heavy atom. The van der Waals surface area contributed by atoms with Gasteiger partial charge >= 0.3 is 0 Å². The van der Waals surface area contributed by atoms with Crippen LogP contribution in [0.5, 0.6) is 11.5 Å². The number of carbonyl (C=O) groups is 1. The molecule has 30 heavy (non-hydrogen) atoms. The smallest absolute Gasteiger partial charge is 0.272 e. The first-order valence-corrected chi connectivity index (χ1v) is 10.9. The molecule has 1 N–H and O–H groups in total. The van der Waals surface area contributed by atoms with Crippen LogP contribution in [0.3, 0.4) is 0 Å². The highest BCUT2D eigenvalue weighted by Gasteiger charge is 2.17. The Morgan fingerprint density at radius 2 is 2.03 bits per heavy atom. The van der Waals surface area contributed by atoms with Gasteiger partial charge in [-0.3, -0.25) is 14.2 Å². The van der Waals surface area contributed by atoms with Crippen molar-refractivity contribution in [2.45, 2.75) is 33.4 Å². The fourth-order valence-corrected chi connectivity index (χ4v) is 4.21. The second-order valence-corrected chi connectivity index (χ2v) is 7.81. The standard InChI is InChI=1S/C21H24N4O4S/c1-3-24(4-2)21-23-15-8-10-30-19(15)20(27)25(21)9-7-18(26)22-12-14-5-6-16-17(11-14)29-13-28-16/h5-6,8,10-11H,3-4,7,9,12-13H2,1-2H3,(H,22,26). The SMILES string of the molecule is CCN(CC)c1nc2ccsc2c(=O)n1CCC(=O)NCc1ccc2c(c1)OCO2. The van der Waals surface area contributed by atoms with Crippen LogP contribution in [0.4, 0.5) is 5.95 Å². The Bertz CT molecular complexity index is 1120. The number of thiophene rings is 1. The molecule has 0 unspecified atom stereocenters. The van der Waals surface area contributed by atoms with E-state index in [1.165, 1.54) is 11.3 Å². The molecule has 0 aliphatic carbocycles. The first kappa shape index (κ1) is 20.2. The average Bonchev–Trinajstić information content (AvgIpc) is 3.41. The lowest BCUT2D eigenvalue weighted by atomic mass is 10.2. The maximum absolute atomic E-state index is 13.0. The van der Waals surface area contributed by atoms with Crippen molar-refractivity contribution in [3.8, 4) is 11.5 Å². The molecule has 8 nitrogen and oxygen atoms in total. The number of hydrogen-bond donors (Lipinski definition) is 1. The highest BCUT2D eigenvalue weighted by molar-refractivity contribution is 7.17. The lowest BCUT2D eigenvalue weighted by Crippen LogP contribution is -2.34. The van der Waals surface area contributed by atoms with Crippen molar-refractivity contribution in [2.24, 2.45) is 0 Å². The first-order valence-electron chi connectivity index (χ1n) is 9.99. The van der Waals surface area contributed by atoms with Crippen LogP contribution >= 0.6 is 11.3 Å². The van der Waals surface area contributed by atoms with E-state index in [4.69, 9.17) is 9.47 Å². The van der Waals surface area contributed by atoms with Crippen LogP contribution in [0.15, 0.2) is 34.4 Å². The van der Waals surface area contributed by atoms with Gasteiger partial charge in [-0.2, -0.15) is 0 Å². The Kier molecular flexibility index (Phi) is 5.89. The van der Waals surface area contributed by atoms with Gasteiger partial charge in [0.25, 0.3) is 5.56 Å². The van der Waals surface area contributed by atoms with Crippen LogP contribution in [0.25, 0.3) is 10.2 Å². The predicted octanol–water partition coefficient (Wildman–Crippen LogP) is 2.74. The van der Waals surface area contributed by atoms with Crippen molar-refractivity contribution < 1.29 is 14.3 Å². The monoisotopic (exact) mass is 428 g/mol. The van der Waals surface area contributed by atoms with Gasteiger partial charge in [-0.15, -0.1) is 11.3 Å². The molecule has 1 amide bonds. The number of anilines is 1. The van der Waals surface area contributed by atoms with Crippen LogP contribution in [0, 0.1) is 0 Å². The van der Waals surface area contributed by atoms with Gasteiger partial charge in [-0.25, -0.2) is 4.98 Å². The molecule has 3 heterocycles. The van der Waals surface area contributed by atoms with E-state index in [9.17, 15) is 9.59 Å². The van der Waals surface area contributed by atoms with Gasteiger partial charge in [-0.05, 0) is 43.0 Å². The second kappa shape index (κ2) is 8.74. The minimum atomic E-state index is -0.128. The zero-order valence-electron chi connectivity index (χ0n) is 17.0. The van der Waals surface area contributed by atoms with Gasteiger partial charge in [-0.1, -0.05) is 6.07 Å². The molecule has 2 aromatic heterocycles. The molecule has 1 aliphatic rings. The summed E-state index contributed by atoms with van der Waals surface area (Å²) in [4.78, 5) is 32.2. The minimum Gasteiger partial charge on any atom is -0.454 e. The molecule has 1 aliphatic heterocycles. The van der Waals surface area contributed by atoms with Crippen LogP contribution in [-0.2, 0) is 17.9 Å². The van der Waals surface area contributed by atoms with Gasteiger partial charge in [0.1, 0.15) is 4.70 Å². The molecular weight excluding hydrogens is 404 g/mol. The maximum atomic E-state index is 13.0. The summed E-state index contributed by atoms with van der Waals surface area (Å²) in [6.07, 6.45) is 0.192. The summed E-state index contributed by atoms with van der Waals surface area (Å²) in [7, 11) is 0. The molecule has 1 aromatic carbocycles. The molecule has 4 rings (SSSR count). The number of amides is 1. The summed E-state index contributed by atoms with van der Waals surface area (Å²) >= 11 is 1.38. The summed E-state index contributed by atoms with van der Waals surface area (Å²) in [5.41, 5.74) is 1.53. The number of aromatic nitrogens is 2. The highest BCUT2D eigenvalue weighted by atomic mass is 32.1. The fourth-order valence-electron chi connectivity index (χ4n) is 3.43. The molecule has 0 fully saturated rings. The molecule has 0 atom stereocenters. The highest BCUT2D eigenvalue weighted by Crippen LogP contribution is 2.32. The van der Waals surface area contributed by atoms with Crippen molar-refractivity contribution in [2.75, 3.05) is 24.8 Å².